The van der Waals surface area contributed by atoms with Crippen LogP contribution in [0.4, 0.5) is 5.69 Å². The number of nitrogens with zero attached hydrogens (tertiary/aromatic N) is 1. The molecule has 0 amide bonds. The molecule has 18 heavy (non-hydrogen) atoms. The molecule has 6 nitrogen and oxygen atoms in total. The van der Waals surface area contributed by atoms with Crippen molar-refractivity contribution in [1.29, 1.82) is 0 Å². The third-order valence-corrected chi connectivity index (χ3v) is 3.17. The van der Waals surface area contributed by atoms with Gasteiger partial charge in [0.2, 0.25) is 0 Å². The van der Waals surface area contributed by atoms with Gasteiger partial charge in [-0.15, -0.1) is 4.91 Å². The Morgan fingerprint density at radius 1 is 1.17 bits per heavy atom. The molecule has 88 valence electrons. The van der Waals surface area contributed by atoms with Crippen LogP contribution in [0.1, 0.15) is 0 Å². The van der Waals surface area contributed by atoms with Crippen molar-refractivity contribution in [2.24, 2.45) is 5.18 Å². The SMILES string of the molecule is O=Nc1c(S(=O)(=O)[O-])cc(O)c2ccccc12.[Na+]. The number of nitroso groups, excluding NO2 is 1. The molecule has 0 spiro atoms. The van der Waals surface area contributed by atoms with Crippen LogP contribution in [0.3, 0.4) is 0 Å². The maximum absolute atomic E-state index is 10.9. The Balaban J connectivity index is 0.00000162. The van der Waals surface area contributed by atoms with Gasteiger partial charge >= 0.3 is 29.6 Å². The number of phenols is 1. The number of rotatable bonds is 2. The molecule has 1 N–H and O–H groups in total. The molecule has 0 saturated heterocycles. The van der Waals surface area contributed by atoms with E-state index in [9.17, 15) is 23.0 Å². The third-order valence-electron chi connectivity index (χ3n) is 2.32. The minimum absolute atomic E-state index is 0. The van der Waals surface area contributed by atoms with Gasteiger partial charge in [-0.3, -0.25) is 0 Å². The predicted octanol–water partition coefficient (Wildman–Crippen LogP) is -1.15. The Morgan fingerprint density at radius 2 is 1.72 bits per heavy atom. The van der Waals surface area contributed by atoms with Crippen LogP contribution in [0.5, 0.6) is 5.75 Å². The van der Waals surface area contributed by atoms with Gasteiger partial charge in [-0.2, -0.15) is 0 Å². The van der Waals surface area contributed by atoms with Crippen LogP contribution in [0.25, 0.3) is 10.8 Å². The summed E-state index contributed by atoms with van der Waals surface area (Å²) in [5.41, 5.74) is -0.478. The molecular weight excluding hydrogens is 269 g/mol. The molecule has 0 fully saturated rings. The van der Waals surface area contributed by atoms with Crippen molar-refractivity contribution < 1.29 is 47.6 Å². The first-order chi connectivity index (χ1) is 7.95. The van der Waals surface area contributed by atoms with Crippen molar-refractivity contribution in [2.75, 3.05) is 0 Å². The van der Waals surface area contributed by atoms with Gasteiger partial charge < -0.3 is 9.66 Å². The molecule has 8 heteroatoms. The van der Waals surface area contributed by atoms with Gasteiger partial charge in [-0.05, 0) is 5.18 Å². The summed E-state index contributed by atoms with van der Waals surface area (Å²) in [6, 6.07) is 6.77. The van der Waals surface area contributed by atoms with Crippen molar-refractivity contribution >= 4 is 26.6 Å². The predicted molar refractivity (Wildman–Crippen MR) is 59.0 cm³/mol. The summed E-state index contributed by atoms with van der Waals surface area (Å²) in [5, 5.41) is 12.5. The topological polar surface area (TPSA) is 107 Å². The third kappa shape index (κ3) is 2.55. The average Bonchev–Trinajstić information content (AvgIpc) is 2.28. The molecule has 0 radical (unpaired) electrons. The van der Waals surface area contributed by atoms with Gasteiger partial charge in [0.05, 0.1) is 4.90 Å². The summed E-state index contributed by atoms with van der Waals surface area (Å²) in [5.74, 6) is -0.387. The smallest absolute Gasteiger partial charge is 0.744 e. The Morgan fingerprint density at radius 3 is 2.22 bits per heavy atom. The van der Waals surface area contributed by atoms with Gasteiger partial charge in [0.25, 0.3) is 0 Å². The van der Waals surface area contributed by atoms with Crippen LogP contribution in [-0.2, 0) is 10.1 Å². The normalized spacial score (nSPS) is 10.9. The second-order valence-electron chi connectivity index (χ2n) is 3.33. The largest absolute Gasteiger partial charge is 1.00 e. The molecule has 0 aliphatic rings. The molecule has 0 heterocycles. The summed E-state index contributed by atoms with van der Waals surface area (Å²) in [6.07, 6.45) is 0. The summed E-state index contributed by atoms with van der Waals surface area (Å²) < 4.78 is 32.8. The van der Waals surface area contributed by atoms with E-state index in [1.807, 2.05) is 0 Å². The Hall–Kier alpha value is -0.990. The van der Waals surface area contributed by atoms with E-state index >= 15 is 0 Å². The summed E-state index contributed by atoms with van der Waals surface area (Å²) >= 11 is 0. The summed E-state index contributed by atoms with van der Waals surface area (Å²) in [6.45, 7) is 0. The van der Waals surface area contributed by atoms with E-state index in [0.29, 0.717) is 0 Å². The molecule has 0 aliphatic carbocycles. The second kappa shape index (κ2) is 5.33. The quantitative estimate of drug-likeness (QED) is 0.423. The molecule has 2 rings (SSSR count). The van der Waals surface area contributed by atoms with Gasteiger partial charge in [0.1, 0.15) is 21.6 Å². The van der Waals surface area contributed by atoms with E-state index in [1.54, 1.807) is 6.07 Å². The van der Waals surface area contributed by atoms with Crippen LogP contribution < -0.4 is 29.6 Å². The van der Waals surface area contributed by atoms with Crippen molar-refractivity contribution in [3.8, 4) is 5.75 Å². The zero-order valence-corrected chi connectivity index (χ0v) is 12.1. The number of hydrogen-bond acceptors (Lipinski definition) is 6. The van der Waals surface area contributed by atoms with Crippen molar-refractivity contribution in [3.05, 3.63) is 35.2 Å². The molecule has 2 aromatic rings. The second-order valence-corrected chi connectivity index (χ2v) is 4.68. The fourth-order valence-corrected chi connectivity index (χ4v) is 2.24. The molecule has 0 aromatic heterocycles. The fraction of sp³-hybridized carbons (Fsp3) is 0. The number of fused-ring (bicyclic) bond motifs is 1. The molecule has 0 unspecified atom stereocenters. The minimum Gasteiger partial charge on any atom is -0.744 e. The van der Waals surface area contributed by atoms with E-state index in [1.165, 1.54) is 18.2 Å². The van der Waals surface area contributed by atoms with E-state index in [-0.39, 0.29) is 46.1 Å². The first-order valence-corrected chi connectivity index (χ1v) is 5.90. The molecule has 0 bridgehead atoms. The van der Waals surface area contributed by atoms with Gasteiger partial charge in [-0.25, -0.2) is 8.42 Å². The monoisotopic (exact) mass is 275 g/mol. The Bertz CT molecular complexity index is 714. The van der Waals surface area contributed by atoms with Gasteiger partial charge in [-0.1, -0.05) is 24.3 Å². The molecule has 0 saturated carbocycles. The van der Waals surface area contributed by atoms with Crippen molar-refractivity contribution in [3.63, 3.8) is 0 Å². The fourth-order valence-electron chi connectivity index (χ4n) is 1.60. The zero-order chi connectivity index (χ0) is 12.6. The number of hydrogen-bond donors (Lipinski definition) is 1. The molecule has 0 atom stereocenters. The molecular formula is C10H6NNaO5S. The first kappa shape index (κ1) is 15.1. The van der Waals surface area contributed by atoms with Gasteiger partial charge in [0.15, 0.2) is 0 Å². The standard InChI is InChI=1S/C10H7NO5S.Na/c12-8-5-9(17(14,15)16)10(11-13)7-4-2-1-3-6(7)8;/h1-5,12H,(H,14,15,16);/q;+1/p-1. The minimum atomic E-state index is -4.86. The Kier molecular flexibility index (Phi) is 4.46. The zero-order valence-electron chi connectivity index (χ0n) is 9.32. The van der Waals surface area contributed by atoms with E-state index in [4.69, 9.17) is 0 Å². The van der Waals surface area contributed by atoms with Crippen LogP contribution in [0.2, 0.25) is 0 Å². The van der Waals surface area contributed by atoms with Crippen molar-refractivity contribution in [1.82, 2.24) is 0 Å². The van der Waals surface area contributed by atoms with E-state index in [2.05, 4.69) is 5.18 Å². The van der Waals surface area contributed by atoms with Crippen LogP contribution in [0.15, 0.2) is 40.4 Å². The molecule has 0 aliphatic heterocycles. The maximum Gasteiger partial charge on any atom is 1.00 e. The number of phenolic OH excluding ortho intramolecular Hbond substituents is 1. The van der Waals surface area contributed by atoms with E-state index < -0.39 is 20.7 Å². The summed E-state index contributed by atoms with van der Waals surface area (Å²) in [4.78, 5) is 9.85. The van der Waals surface area contributed by atoms with E-state index in [0.717, 1.165) is 6.07 Å². The maximum atomic E-state index is 10.9. The molecule has 2 aromatic carbocycles. The van der Waals surface area contributed by atoms with Crippen LogP contribution >= 0.6 is 0 Å². The van der Waals surface area contributed by atoms with Crippen LogP contribution in [0, 0.1) is 4.91 Å². The van der Waals surface area contributed by atoms with Crippen LogP contribution in [-0.4, -0.2) is 18.1 Å². The van der Waals surface area contributed by atoms with Gasteiger partial charge in [0, 0.05) is 16.8 Å². The number of aromatic hydroxyl groups is 1. The number of benzene rings is 2. The first-order valence-electron chi connectivity index (χ1n) is 4.49. The average molecular weight is 275 g/mol. The van der Waals surface area contributed by atoms with Crippen molar-refractivity contribution in [2.45, 2.75) is 4.90 Å². The Labute approximate surface area is 125 Å². The summed E-state index contributed by atoms with van der Waals surface area (Å²) in [7, 11) is -4.86.